The van der Waals surface area contributed by atoms with Gasteiger partial charge in [-0.2, -0.15) is 0 Å². The van der Waals surface area contributed by atoms with Crippen LogP contribution in [0.4, 0.5) is 0 Å². The molecule has 1 aromatic carbocycles. The second kappa shape index (κ2) is 8.18. The van der Waals surface area contributed by atoms with Crippen molar-refractivity contribution in [2.24, 2.45) is 0 Å². The van der Waals surface area contributed by atoms with Gasteiger partial charge < -0.3 is 5.32 Å². The van der Waals surface area contributed by atoms with Crippen molar-refractivity contribution < 1.29 is 4.79 Å². The Morgan fingerprint density at radius 1 is 1.25 bits per heavy atom. The van der Waals surface area contributed by atoms with Crippen molar-refractivity contribution in [3.05, 3.63) is 64.4 Å². The van der Waals surface area contributed by atoms with E-state index >= 15 is 0 Å². The maximum Gasteiger partial charge on any atom is 0.230 e. The molecule has 5 nitrogen and oxygen atoms in total. The molecule has 1 N–H and O–H groups in total. The molecular weight excluding hydrogens is 360 g/mol. The molecule has 0 saturated carbocycles. The molecule has 24 heavy (non-hydrogen) atoms. The lowest BCUT2D eigenvalue weighted by molar-refractivity contribution is -0.118. The van der Waals surface area contributed by atoms with Crippen molar-refractivity contribution in [2.45, 2.75) is 10.9 Å². The number of para-hydroxylation sites is 1. The summed E-state index contributed by atoms with van der Waals surface area (Å²) < 4.78 is 3.16. The first kappa shape index (κ1) is 16.8. The Labute approximate surface area is 152 Å². The summed E-state index contributed by atoms with van der Waals surface area (Å²) in [4.78, 5) is 16.0. The van der Waals surface area contributed by atoms with Crippen molar-refractivity contribution in [3.8, 4) is 5.69 Å². The normalized spacial score (nSPS) is 10.5. The maximum absolute atomic E-state index is 11.9. The molecule has 0 fully saturated rings. The molecule has 0 aliphatic rings. The number of hydrogen-bond acceptors (Lipinski definition) is 6. The SMILES string of the molecule is O=C(CSc1nn(-c2ccccc2)c(=S)s1)NCc1cccnc1. The van der Waals surface area contributed by atoms with Crippen LogP contribution >= 0.6 is 35.3 Å². The molecule has 0 atom stereocenters. The van der Waals surface area contributed by atoms with Gasteiger partial charge in [0, 0.05) is 18.9 Å². The largest absolute Gasteiger partial charge is 0.351 e. The molecule has 0 bridgehead atoms. The van der Waals surface area contributed by atoms with E-state index in [1.807, 2.05) is 42.5 Å². The van der Waals surface area contributed by atoms with E-state index in [2.05, 4.69) is 15.4 Å². The fourth-order valence-electron chi connectivity index (χ4n) is 1.93. The highest BCUT2D eigenvalue weighted by Crippen LogP contribution is 2.23. The third-order valence-corrected chi connectivity index (χ3v) is 5.43. The lowest BCUT2D eigenvalue weighted by Gasteiger charge is -2.03. The summed E-state index contributed by atoms with van der Waals surface area (Å²) in [5.41, 5.74) is 1.89. The number of nitrogens with one attached hydrogen (secondary N) is 1. The van der Waals surface area contributed by atoms with Gasteiger partial charge >= 0.3 is 0 Å². The number of pyridine rings is 1. The van der Waals surface area contributed by atoms with E-state index in [4.69, 9.17) is 12.2 Å². The molecule has 2 aromatic heterocycles. The molecule has 1 amide bonds. The van der Waals surface area contributed by atoms with Gasteiger partial charge in [-0.15, -0.1) is 5.10 Å². The Hall–Kier alpha value is -2.03. The lowest BCUT2D eigenvalue weighted by Crippen LogP contribution is -2.24. The number of aromatic nitrogens is 3. The average Bonchev–Trinajstić information content (AvgIpc) is 3.00. The van der Waals surface area contributed by atoms with Crippen molar-refractivity contribution >= 4 is 41.2 Å². The number of benzene rings is 1. The van der Waals surface area contributed by atoms with Gasteiger partial charge in [-0.3, -0.25) is 9.78 Å². The predicted octanol–water partition coefficient (Wildman–Crippen LogP) is 3.47. The zero-order chi connectivity index (χ0) is 16.8. The Morgan fingerprint density at radius 2 is 2.08 bits per heavy atom. The average molecular weight is 375 g/mol. The molecule has 3 rings (SSSR count). The molecule has 8 heteroatoms. The topological polar surface area (TPSA) is 59.8 Å². The molecule has 0 radical (unpaired) electrons. The van der Waals surface area contributed by atoms with Crippen LogP contribution in [0.1, 0.15) is 5.56 Å². The summed E-state index contributed by atoms with van der Waals surface area (Å²) in [6.07, 6.45) is 3.44. The minimum atomic E-state index is -0.0452. The summed E-state index contributed by atoms with van der Waals surface area (Å²) in [6.45, 7) is 0.474. The monoisotopic (exact) mass is 374 g/mol. The highest BCUT2D eigenvalue weighted by Gasteiger charge is 2.09. The number of carbonyl (C=O) groups excluding carboxylic acids is 1. The fraction of sp³-hybridized carbons (Fsp3) is 0.125. The molecule has 2 heterocycles. The van der Waals surface area contributed by atoms with Gasteiger partial charge in [-0.05, 0) is 36.0 Å². The van der Waals surface area contributed by atoms with Gasteiger partial charge in [-0.1, -0.05) is 47.4 Å². The van der Waals surface area contributed by atoms with E-state index in [-0.39, 0.29) is 5.91 Å². The predicted molar refractivity (Wildman–Crippen MR) is 99.1 cm³/mol. The van der Waals surface area contributed by atoms with Gasteiger partial charge in [0.1, 0.15) is 0 Å². The summed E-state index contributed by atoms with van der Waals surface area (Å²) in [5.74, 6) is 0.258. The summed E-state index contributed by atoms with van der Waals surface area (Å²) in [6, 6.07) is 13.5. The molecule has 3 aromatic rings. The fourth-order valence-corrected chi connectivity index (χ4v) is 4.12. The van der Waals surface area contributed by atoms with E-state index < -0.39 is 0 Å². The second-order valence-corrected chi connectivity index (χ2v) is 7.65. The van der Waals surface area contributed by atoms with Gasteiger partial charge in [0.15, 0.2) is 8.29 Å². The van der Waals surface area contributed by atoms with Crippen molar-refractivity contribution in [3.63, 3.8) is 0 Å². The van der Waals surface area contributed by atoms with Gasteiger partial charge in [-0.25, -0.2) is 4.68 Å². The molecule has 0 saturated heterocycles. The van der Waals surface area contributed by atoms with Crippen LogP contribution in [0.5, 0.6) is 0 Å². The van der Waals surface area contributed by atoms with E-state index in [1.165, 1.54) is 23.1 Å². The number of rotatable bonds is 6. The molecule has 0 unspecified atom stereocenters. The lowest BCUT2D eigenvalue weighted by atomic mass is 10.3. The molecule has 122 valence electrons. The summed E-state index contributed by atoms with van der Waals surface area (Å²) in [5, 5.41) is 7.34. The highest BCUT2D eigenvalue weighted by molar-refractivity contribution is 8.01. The van der Waals surface area contributed by atoms with Gasteiger partial charge in [0.2, 0.25) is 5.91 Å². The number of nitrogens with zero attached hydrogens (tertiary/aromatic N) is 3. The highest BCUT2D eigenvalue weighted by atomic mass is 32.2. The standard InChI is InChI=1S/C16H14N4OS3/c21-14(18-10-12-5-4-8-17-9-12)11-23-15-19-20(16(22)24-15)13-6-2-1-3-7-13/h1-9H,10-11H2,(H,18,21). The number of thioether (sulfide) groups is 1. The Kier molecular flexibility index (Phi) is 5.73. The van der Waals surface area contributed by atoms with E-state index in [0.29, 0.717) is 16.3 Å². The summed E-state index contributed by atoms with van der Waals surface area (Å²) >= 11 is 8.14. The third kappa shape index (κ3) is 4.50. The zero-order valence-electron chi connectivity index (χ0n) is 12.6. The quantitative estimate of drug-likeness (QED) is 0.529. The third-order valence-electron chi connectivity index (χ3n) is 3.07. The Morgan fingerprint density at radius 3 is 2.83 bits per heavy atom. The zero-order valence-corrected chi connectivity index (χ0v) is 15.0. The van der Waals surface area contributed by atoms with E-state index in [1.54, 1.807) is 17.1 Å². The molecule has 0 aliphatic heterocycles. The van der Waals surface area contributed by atoms with Crippen LogP contribution in [0.3, 0.4) is 0 Å². The molecular formula is C16H14N4OS3. The van der Waals surface area contributed by atoms with E-state index in [9.17, 15) is 4.79 Å². The first-order valence-electron chi connectivity index (χ1n) is 7.16. The number of hydrogen-bond donors (Lipinski definition) is 1. The smallest absolute Gasteiger partial charge is 0.230 e. The van der Waals surface area contributed by atoms with Crippen LogP contribution in [0.2, 0.25) is 0 Å². The van der Waals surface area contributed by atoms with Crippen LogP contribution in [-0.2, 0) is 11.3 Å². The van der Waals surface area contributed by atoms with Crippen LogP contribution < -0.4 is 5.32 Å². The molecule has 0 aliphatic carbocycles. The summed E-state index contributed by atoms with van der Waals surface area (Å²) in [7, 11) is 0. The van der Waals surface area contributed by atoms with Crippen LogP contribution in [0, 0.1) is 3.95 Å². The second-order valence-electron chi connectivity index (χ2n) is 4.81. The van der Waals surface area contributed by atoms with E-state index in [0.717, 1.165) is 15.6 Å². The first-order chi connectivity index (χ1) is 11.7. The van der Waals surface area contributed by atoms with Crippen LogP contribution in [-0.4, -0.2) is 26.4 Å². The Bertz CT molecular complexity index is 862. The van der Waals surface area contributed by atoms with Gasteiger partial charge in [0.05, 0.1) is 11.4 Å². The minimum absolute atomic E-state index is 0.0452. The van der Waals surface area contributed by atoms with Crippen LogP contribution in [0.15, 0.2) is 59.2 Å². The number of amides is 1. The molecule has 0 spiro atoms. The first-order valence-corrected chi connectivity index (χ1v) is 9.37. The van der Waals surface area contributed by atoms with Gasteiger partial charge in [0.25, 0.3) is 0 Å². The van der Waals surface area contributed by atoms with Crippen molar-refractivity contribution in [2.75, 3.05) is 5.75 Å². The minimum Gasteiger partial charge on any atom is -0.351 e. The van der Waals surface area contributed by atoms with Crippen LogP contribution in [0.25, 0.3) is 5.69 Å². The van der Waals surface area contributed by atoms with Crippen molar-refractivity contribution in [1.29, 1.82) is 0 Å². The maximum atomic E-state index is 11.9. The van der Waals surface area contributed by atoms with Crippen molar-refractivity contribution in [1.82, 2.24) is 20.1 Å². The number of carbonyl (C=O) groups is 1. The Balaban J connectivity index is 1.55.